The Balaban J connectivity index is 1.47. The van der Waals surface area contributed by atoms with Gasteiger partial charge in [0.15, 0.2) is 0 Å². The summed E-state index contributed by atoms with van der Waals surface area (Å²) in [5.41, 5.74) is 4.35. The van der Waals surface area contributed by atoms with Gasteiger partial charge in [0.25, 0.3) is 0 Å². The number of nitrogens with zero attached hydrogens (tertiary/aromatic N) is 3. The highest BCUT2D eigenvalue weighted by atomic mass is 15.2. The molecule has 0 atom stereocenters. The van der Waals surface area contributed by atoms with Crippen LogP contribution in [0.2, 0.25) is 0 Å². The molecule has 0 spiro atoms. The molecule has 0 unspecified atom stereocenters. The van der Waals surface area contributed by atoms with Crippen LogP contribution in [-0.2, 0) is 19.6 Å². The lowest BCUT2D eigenvalue weighted by Crippen LogP contribution is -2.42. The molecule has 4 rings (SSSR count). The van der Waals surface area contributed by atoms with Gasteiger partial charge in [-0.25, -0.2) is 0 Å². The van der Waals surface area contributed by atoms with Crippen LogP contribution in [-0.4, -0.2) is 172 Å². The molecule has 3 saturated heterocycles. The lowest BCUT2D eigenvalue weighted by Gasteiger charge is -2.27. The molecule has 3 fully saturated rings. The number of hydrogen-bond acceptors (Lipinski definition) is 12. The highest BCUT2D eigenvalue weighted by molar-refractivity contribution is 5.30. The van der Waals surface area contributed by atoms with Gasteiger partial charge in [0, 0.05) is 177 Å². The van der Waals surface area contributed by atoms with E-state index in [9.17, 15) is 0 Å². The predicted octanol–water partition coefficient (Wildman–Crippen LogP) is -2.56. The highest BCUT2D eigenvalue weighted by Crippen LogP contribution is 2.17. The summed E-state index contributed by atoms with van der Waals surface area (Å²) in [7, 11) is 0. The third-order valence-electron chi connectivity index (χ3n) is 8.83. The normalized spacial score (nSPS) is 23.7. The summed E-state index contributed by atoms with van der Waals surface area (Å²) in [6, 6.07) is 7.49. The Kier molecular flexibility index (Phi) is 19.5. The van der Waals surface area contributed by atoms with Gasteiger partial charge in [0.05, 0.1) is 0 Å². The van der Waals surface area contributed by atoms with Crippen molar-refractivity contribution in [1.29, 1.82) is 0 Å². The zero-order chi connectivity index (χ0) is 31.0. The van der Waals surface area contributed by atoms with Gasteiger partial charge in [-0.1, -0.05) is 18.2 Å². The van der Waals surface area contributed by atoms with Crippen molar-refractivity contribution in [2.45, 2.75) is 19.6 Å². The Morgan fingerprint density at radius 1 is 0.289 bits per heavy atom. The minimum atomic E-state index is 0.995. The average molecular weight is 631 g/mol. The van der Waals surface area contributed by atoms with Crippen molar-refractivity contribution in [2.75, 3.05) is 157 Å². The smallest absolute Gasteiger partial charge is 0.0235 e. The van der Waals surface area contributed by atoms with Gasteiger partial charge in [-0.15, -0.1) is 0 Å². The summed E-state index contributed by atoms with van der Waals surface area (Å²) in [5.74, 6) is 0. The topological polar surface area (TPSA) is 118 Å². The third-order valence-corrected chi connectivity index (χ3v) is 8.83. The van der Waals surface area contributed by atoms with Crippen molar-refractivity contribution in [3.63, 3.8) is 0 Å². The maximum atomic E-state index is 3.64. The van der Waals surface area contributed by atoms with E-state index >= 15 is 0 Å². The molecule has 45 heavy (non-hydrogen) atoms. The van der Waals surface area contributed by atoms with E-state index in [-0.39, 0.29) is 0 Å². The van der Waals surface area contributed by atoms with Gasteiger partial charge in [-0.2, -0.15) is 0 Å². The van der Waals surface area contributed by atoms with Crippen LogP contribution in [0.4, 0.5) is 0 Å². The summed E-state index contributed by atoms with van der Waals surface area (Å²) < 4.78 is 0. The molecule has 12 nitrogen and oxygen atoms in total. The molecule has 3 aliphatic heterocycles. The summed E-state index contributed by atoms with van der Waals surface area (Å²) in [4.78, 5) is 7.90. The Morgan fingerprint density at radius 2 is 0.467 bits per heavy atom. The van der Waals surface area contributed by atoms with E-state index in [2.05, 4.69) is 80.7 Å². The first kappa shape index (κ1) is 36.6. The van der Waals surface area contributed by atoms with Gasteiger partial charge in [-0.05, 0) is 16.7 Å². The maximum Gasteiger partial charge on any atom is 0.0235 e. The SMILES string of the molecule is c1c(CN2CCNCCNCCNCC2)cc(CN2CCNCCNCCNCC2)cc1CN1CCNCCNCCNCC1. The van der Waals surface area contributed by atoms with Crippen molar-refractivity contribution in [1.82, 2.24) is 62.6 Å². The molecule has 0 aliphatic carbocycles. The fourth-order valence-corrected chi connectivity index (χ4v) is 6.31. The molecule has 0 amide bonds. The minimum absolute atomic E-state index is 0.995. The summed E-state index contributed by atoms with van der Waals surface area (Å²) >= 11 is 0. The number of nitrogens with one attached hydrogen (secondary N) is 9. The fourth-order valence-electron chi connectivity index (χ4n) is 6.31. The largest absolute Gasteiger partial charge is 0.314 e. The average Bonchev–Trinajstić information content (AvgIpc) is 3.01. The van der Waals surface area contributed by atoms with E-state index in [1.807, 2.05) is 0 Å². The molecule has 9 N–H and O–H groups in total. The lowest BCUT2D eigenvalue weighted by atomic mass is 10.0. The second kappa shape index (κ2) is 24.0. The fraction of sp³-hybridized carbons (Fsp3) is 0.818. The zero-order valence-electron chi connectivity index (χ0n) is 28.2. The molecule has 3 heterocycles. The third kappa shape index (κ3) is 16.9. The molecule has 1 aromatic rings. The monoisotopic (exact) mass is 631 g/mol. The first-order chi connectivity index (χ1) is 22.3. The quantitative estimate of drug-likeness (QED) is 0.165. The molecule has 258 valence electrons. The maximum absolute atomic E-state index is 3.64. The van der Waals surface area contributed by atoms with E-state index < -0.39 is 0 Å². The first-order valence-corrected chi connectivity index (χ1v) is 18.0. The number of benzene rings is 1. The van der Waals surface area contributed by atoms with Crippen LogP contribution in [0, 0.1) is 0 Å². The molecule has 3 aliphatic rings. The van der Waals surface area contributed by atoms with E-state index in [1.165, 1.54) is 16.7 Å². The van der Waals surface area contributed by atoms with Crippen molar-refractivity contribution in [3.05, 3.63) is 34.9 Å². The van der Waals surface area contributed by atoms with Crippen LogP contribution in [0.5, 0.6) is 0 Å². The molecule has 0 radical (unpaired) electrons. The highest BCUT2D eigenvalue weighted by Gasteiger charge is 2.14. The van der Waals surface area contributed by atoms with Gasteiger partial charge < -0.3 is 47.9 Å². The Morgan fingerprint density at radius 3 is 0.667 bits per heavy atom. The minimum Gasteiger partial charge on any atom is -0.314 e. The van der Waals surface area contributed by atoms with Crippen LogP contribution >= 0.6 is 0 Å². The van der Waals surface area contributed by atoms with Crippen LogP contribution in [0.3, 0.4) is 0 Å². The Labute approximate surface area is 273 Å². The molecular weight excluding hydrogens is 564 g/mol. The first-order valence-electron chi connectivity index (χ1n) is 18.0. The van der Waals surface area contributed by atoms with Crippen LogP contribution in [0.15, 0.2) is 18.2 Å². The van der Waals surface area contributed by atoms with Crippen molar-refractivity contribution in [2.24, 2.45) is 0 Å². The summed E-state index contributed by atoms with van der Waals surface area (Å²) in [6.07, 6.45) is 0. The summed E-state index contributed by atoms with van der Waals surface area (Å²) in [5, 5.41) is 32.3. The van der Waals surface area contributed by atoms with Gasteiger partial charge in [0.2, 0.25) is 0 Å². The second-order valence-corrected chi connectivity index (χ2v) is 12.7. The van der Waals surface area contributed by atoms with Crippen molar-refractivity contribution in [3.8, 4) is 0 Å². The predicted molar refractivity (Wildman–Crippen MR) is 188 cm³/mol. The zero-order valence-corrected chi connectivity index (χ0v) is 28.2. The molecule has 1 aromatic carbocycles. The van der Waals surface area contributed by atoms with Crippen LogP contribution < -0.4 is 47.9 Å². The molecule has 0 aromatic heterocycles. The van der Waals surface area contributed by atoms with E-state index in [0.717, 1.165) is 177 Å². The molecule has 0 saturated carbocycles. The molecule has 0 bridgehead atoms. The second-order valence-electron chi connectivity index (χ2n) is 12.7. The van der Waals surface area contributed by atoms with Crippen LogP contribution in [0.1, 0.15) is 16.7 Å². The van der Waals surface area contributed by atoms with Gasteiger partial charge >= 0.3 is 0 Å². The van der Waals surface area contributed by atoms with E-state index in [4.69, 9.17) is 0 Å². The Hall–Kier alpha value is -1.26. The molecular formula is C33H66N12. The number of hydrogen-bond donors (Lipinski definition) is 9. The van der Waals surface area contributed by atoms with E-state index in [0.29, 0.717) is 0 Å². The Bertz CT molecular complexity index is 716. The van der Waals surface area contributed by atoms with Gasteiger partial charge in [-0.3, -0.25) is 14.7 Å². The number of rotatable bonds is 6. The standard InChI is InChI=1S/C33H66N12/c1-7-37-13-19-43(20-14-38-8-2-34-1)28-31-25-32(29-44-21-15-39-9-3-35-4-10-40-16-22-44)27-33(26-31)30-45-23-17-41-11-5-36-6-12-42-18-24-45/h25-27,34-42H,1-24,28-30H2. The van der Waals surface area contributed by atoms with Crippen molar-refractivity contribution >= 4 is 0 Å². The van der Waals surface area contributed by atoms with Gasteiger partial charge in [0.1, 0.15) is 0 Å². The van der Waals surface area contributed by atoms with E-state index in [1.54, 1.807) is 0 Å². The lowest BCUT2D eigenvalue weighted by molar-refractivity contribution is 0.255. The summed E-state index contributed by atoms with van der Waals surface area (Å²) in [6.45, 7) is 27.9. The molecule has 12 heteroatoms. The van der Waals surface area contributed by atoms with Crippen molar-refractivity contribution < 1.29 is 0 Å². The van der Waals surface area contributed by atoms with Crippen LogP contribution in [0.25, 0.3) is 0 Å².